The summed E-state index contributed by atoms with van der Waals surface area (Å²) >= 11 is 0. The molecule has 0 N–H and O–H groups in total. The Labute approximate surface area is 68.5 Å². The minimum Gasteiger partial charge on any atom is -0.262 e. The summed E-state index contributed by atoms with van der Waals surface area (Å²) in [6, 6.07) is 1.88. The van der Waals surface area contributed by atoms with Crippen LogP contribution in [0.5, 0.6) is 0 Å². The molecule has 0 saturated carbocycles. The van der Waals surface area contributed by atoms with Gasteiger partial charge in [0.05, 0.1) is 11.7 Å². The van der Waals surface area contributed by atoms with E-state index in [2.05, 4.69) is 15.0 Å². The molecule has 0 spiro atoms. The van der Waals surface area contributed by atoms with E-state index in [1.54, 1.807) is 18.6 Å². The van der Waals surface area contributed by atoms with Gasteiger partial charge < -0.3 is 0 Å². The maximum atomic E-state index is 6.00. The molecule has 0 radical (unpaired) electrons. The topological polar surface area (TPSA) is 86.2 Å². The Morgan fingerprint density at radius 3 is 2.67 bits per heavy atom. The van der Waals surface area contributed by atoms with Crippen molar-refractivity contribution in [1.82, 2.24) is 15.0 Å². The first-order chi connectivity index (χ1) is 5.97. The summed E-state index contributed by atoms with van der Waals surface area (Å²) < 4.78 is 0. The van der Waals surface area contributed by atoms with Gasteiger partial charge in [-0.25, -0.2) is 9.97 Å². The summed E-state index contributed by atoms with van der Waals surface area (Å²) in [6.07, 6.45) is 6.73. The van der Waals surface area contributed by atoms with E-state index in [4.69, 9.17) is 10.8 Å². The van der Waals surface area contributed by atoms with Crippen molar-refractivity contribution in [1.29, 1.82) is 10.8 Å². The molecule has 2 aromatic rings. The molecule has 58 valence electrons. The first-order valence-corrected chi connectivity index (χ1v) is 3.16. The van der Waals surface area contributed by atoms with E-state index in [9.17, 15) is 0 Å². The lowest BCUT2D eigenvalue weighted by Gasteiger charge is -1.90. The highest BCUT2D eigenvalue weighted by atomic mass is 14.8. The monoisotopic (exact) mass is 159 g/mol. The van der Waals surface area contributed by atoms with E-state index in [1.165, 1.54) is 6.33 Å². The van der Waals surface area contributed by atoms with Crippen molar-refractivity contribution in [2.24, 2.45) is 0 Å². The van der Waals surface area contributed by atoms with E-state index in [-0.39, 0.29) is 0 Å². The smallest absolute Gasteiger partial charge is 0.116 e. The van der Waals surface area contributed by atoms with Crippen LogP contribution in [0.2, 0.25) is 0 Å². The second kappa shape index (κ2) is 3.93. The van der Waals surface area contributed by atoms with Gasteiger partial charge in [0.2, 0.25) is 0 Å². The summed E-state index contributed by atoms with van der Waals surface area (Å²) in [4.78, 5) is 11.8. The quantitative estimate of drug-likeness (QED) is 0.536. The number of rotatable bonds is 0. The predicted octanol–water partition coefficient (Wildman–Crippen LogP) is 1.05. The van der Waals surface area contributed by atoms with Gasteiger partial charge in [0.1, 0.15) is 6.33 Å². The zero-order valence-electron chi connectivity index (χ0n) is 6.12. The minimum absolute atomic E-state index is 0.887. The van der Waals surface area contributed by atoms with Crippen LogP contribution in [0.25, 0.3) is 10.9 Å². The zero-order chi connectivity index (χ0) is 8.81. The maximum Gasteiger partial charge on any atom is 0.116 e. The fraction of sp³-hybridized carbons (Fsp3) is 0. The number of aromatic nitrogens is 3. The highest BCUT2D eigenvalue weighted by Gasteiger charge is 1.88. The van der Waals surface area contributed by atoms with Crippen LogP contribution in [0.15, 0.2) is 31.0 Å². The van der Waals surface area contributed by atoms with Gasteiger partial charge in [-0.2, -0.15) is 0 Å². The van der Waals surface area contributed by atoms with E-state index < -0.39 is 0 Å². The lowest BCUT2D eigenvalue weighted by atomic mass is 10.3. The number of fused-ring (bicyclic) bond motifs is 1. The van der Waals surface area contributed by atoms with Crippen molar-refractivity contribution in [3.63, 3.8) is 0 Å². The Bertz CT molecular complexity index is 318. The van der Waals surface area contributed by atoms with E-state index >= 15 is 0 Å². The van der Waals surface area contributed by atoms with Gasteiger partial charge in [-0.1, -0.05) is 0 Å². The molecule has 0 saturated heterocycles. The molecule has 5 nitrogen and oxygen atoms in total. The first-order valence-electron chi connectivity index (χ1n) is 3.16. The molecule has 2 heterocycles. The molecule has 0 fully saturated rings. The molecule has 0 aliphatic carbocycles. The van der Waals surface area contributed by atoms with Gasteiger partial charge in [0.25, 0.3) is 0 Å². The lowest BCUT2D eigenvalue weighted by molar-refractivity contribution is 1.15. The van der Waals surface area contributed by atoms with Crippen molar-refractivity contribution in [3.05, 3.63) is 31.0 Å². The first kappa shape index (κ1) is 8.01. The molecule has 12 heavy (non-hydrogen) atoms. The second-order valence-corrected chi connectivity index (χ2v) is 1.96. The molecule has 0 bridgehead atoms. The van der Waals surface area contributed by atoms with Crippen LogP contribution in [-0.4, -0.2) is 15.0 Å². The van der Waals surface area contributed by atoms with Gasteiger partial charge in [0, 0.05) is 28.6 Å². The lowest BCUT2D eigenvalue weighted by Crippen LogP contribution is -1.80. The second-order valence-electron chi connectivity index (χ2n) is 1.96. The summed E-state index contributed by atoms with van der Waals surface area (Å²) in [6.45, 7) is 0. The van der Waals surface area contributed by atoms with Crippen LogP contribution in [-0.2, 0) is 0 Å². The average molecular weight is 159 g/mol. The van der Waals surface area contributed by atoms with Gasteiger partial charge in [-0.15, -0.1) is 0 Å². The van der Waals surface area contributed by atoms with Gasteiger partial charge in [0.15, 0.2) is 0 Å². The number of nitrogens with zero attached hydrogens (tertiary/aromatic N) is 5. The maximum absolute atomic E-state index is 6.00. The largest absolute Gasteiger partial charge is 0.262 e. The molecule has 0 aromatic carbocycles. The van der Waals surface area contributed by atoms with E-state index in [0.29, 0.717) is 0 Å². The molecule has 0 atom stereocenters. The molecule has 0 amide bonds. The Balaban J connectivity index is 0.000000336. The van der Waals surface area contributed by atoms with Gasteiger partial charge in [-0.3, -0.25) is 4.98 Å². The van der Waals surface area contributed by atoms with E-state index in [0.717, 1.165) is 10.9 Å². The SMILES string of the molecule is N#N.c1cc2cncnc2cn1. The van der Waals surface area contributed by atoms with Crippen molar-refractivity contribution >= 4 is 10.9 Å². The number of hydrogen-bond donors (Lipinski definition) is 0. The number of pyridine rings is 1. The molecular formula is C7H5N5. The molecular weight excluding hydrogens is 154 g/mol. The van der Waals surface area contributed by atoms with Crippen LogP contribution in [0.1, 0.15) is 0 Å². The molecule has 0 unspecified atom stereocenters. The minimum atomic E-state index is 0.887. The number of hydrogen-bond acceptors (Lipinski definition) is 5. The predicted molar refractivity (Wildman–Crippen MR) is 40.8 cm³/mol. The normalized spacial score (nSPS) is 8.50. The summed E-state index contributed by atoms with van der Waals surface area (Å²) in [5, 5.41) is 13.0. The van der Waals surface area contributed by atoms with Crippen LogP contribution < -0.4 is 0 Å². The Morgan fingerprint density at radius 1 is 1.08 bits per heavy atom. The summed E-state index contributed by atoms with van der Waals surface area (Å²) in [7, 11) is 0. The fourth-order valence-corrected chi connectivity index (χ4v) is 0.823. The Kier molecular flexibility index (Phi) is 2.62. The third-order valence-electron chi connectivity index (χ3n) is 1.31. The van der Waals surface area contributed by atoms with E-state index in [1.807, 2.05) is 6.07 Å². The van der Waals surface area contributed by atoms with Crippen LogP contribution >= 0.6 is 0 Å². The molecule has 0 aliphatic rings. The van der Waals surface area contributed by atoms with Gasteiger partial charge in [-0.05, 0) is 6.07 Å². The highest BCUT2D eigenvalue weighted by Crippen LogP contribution is 2.04. The summed E-state index contributed by atoms with van der Waals surface area (Å²) in [5.41, 5.74) is 0.887. The molecule has 2 rings (SSSR count). The average Bonchev–Trinajstić information content (AvgIpc) is 2.21. The van der Waals surface area contributed by atoms with Crippen molar-refractivity contribution in [2.75, 3.05) is 0 Å². The fourth-order valence-electron chi connectivity index (χ4n) is 0.823. The third kappa shape index (κ3) is 1.49. The van der Waals surface area contributed by atoms with Crippen LogP contribution in [0.3, 0.4) is 0 Å². The molecule has 2 aromatic heterocycles. The van der Waals surface area contributed by atoms with Crippen molar-refractivity contribution < 1.29 is 0 Å². The van der Waals surface area contributed by atoms with Crippen molar-refractivity contribution in [2.45, 2.75) is 0 Å². The molecule has 0 aliphatic heterocycles. The zero-order valence-corrected chi connectivity index (χ0v) is 6.12. The Morgan fingerprint density at radius 2 is 1.92 bits per heavy atom. The highest BCUT2D eigenvalue weighted by molar-refractivity contribution is 5.75. The Hall–Kier alpha value is -2.09. The van der Waals surface area contributed by atoms with Gasteiger partial charge >= 0.3 is 0 Å². The van der Waals surface area contributed by atoms with Crippen LogP contribution in [0, 0.1) is 10.8 Å². The third-order valence-corrected chi connectivity index (χ3v) is 1.31. The van der Waals surface area contributed by atoms with Crippen LogP contribution in [0.4, 0.5) is 0 Å². The molecule has 5 heteroatoms. The van der Waals surface area contributed by atoms with Crippen molar-refractivity contribution in [3.8, 4) is 0 Å². The standard InChI is InChI=1S/C7H5N3.N2/c1-2-8-4-7-6(1)3-9-5-10-7;1-2/h1-5H;. The summed E-state index contributed by atoms with van der Waals surface area (Å²) in [5.74, 6) is 0.